The first kappa shape index (κ1) is 15.7. The van der Waals surface area contributed by atoms with Crippen molar-refractivity contribution in [1.82, 2.24) is 10.2 Å². The number of hydrogen-bond donors (Lipinski definition) is 1. The van der Waals surface area contributed by atoms with E-state index in [0.29, 0.717) is 12.6 Å². The van der Waals surface area contributed by atoms with Crippen molar-refractivity contribution in [2.24, 2.45) is 0 Å². The van der Waals surface area contributed by atoms with Gasteiger partial charge in [-0.25, -0.2) is 0 Å². The average Bonchev–Trinajstić information content (AvgIpc) is 2.27. The van der Waals surface area contributed by atoms with Crippen LogP contribution < -0.4 is 5.32 Å². The normalized spacial score (nSPS) is 21.8. The summed E-state index contributed by atoms with van der Waals surface area (Å²) < 4.78 is 39.6. The number of rotatable bonds is 6. The van der Waals surface area contributed by atoms with Crippen LogP contribution in [0.3, 0.4) is 0 Å². The maximum atomic E-state index is 11.9. The molecular weight excluding hydrogens is 245 g/mol. The van der Waals surface area contributed by atoms with Crippen LogP contribution in [0, 0.1) is 0 Å². The smallest absolute Gasteiger partial charge is 0.313 e. The molecule has 1 fully saturated rings. The number of ether oxygens (including phenoxy) is 1. The Bertz CT molecular complexity index is 228. The molecule has 1 aliphatic rings. The zero-order chi connectivity index (χ0) is 13.6. The second kappa shape index (κ2) is 7.31. The summed E-state index contributed by atoms with van der Waals surface area (Å²) in [6.45, 7) is 5.81. The summed E-state index contributed by atoms with van der Waals surface area (Å²) in [5, 5.41) is 3.41. The van der Waals surface area contributed by atoms with E-state index in [1.807, 2.05) is 18.7 Å². The summed E-state index contributed by atoms with van der Waals surface area (Å²) in [7, 11) is 0. The van der Waals surface area contributed by atoms with Crippen LogP contribution in [0.5, 0.6) is 0 Å². The molecule has 0 aromatic rings. The molecule has 1 heterocycles. The van der Waals surface area contributed by atoms with E-state index in [2.05, 4.69) is 10.1 Å². The lowest BCUT2D eigenvalue weighted by molar-refractivity contribution is -0.325. The number of nitrogens with zero attached hydrogens (tertiary/aromatic N) is 1. The minimum Gasteiger partial charge on any atom is -0.313 e. The highest BCUT2D eigenvalue weighted by atomic mass is 19.4. The van der Waals surface area contributed by atoms with E-state index in [-0.39, 0.29) is 12.6 Å². The van der Waals surface area contributed by atoms with Crippen LogP contribution in [-0.4, -0.2) is 49.6 Å². The molecule has 18 heavy (non-hydrogen) atoms. The summed E-state index contributed by atoms with van der Waals surface area (Å²) in [4.78, 5) is 2.04. The van der Waals surface area contributed by atoms with Gasteiger partial charge < -0.3 is 5.32 Å². The van der Waals surface area contributed by atoms with Gasteiger partial charge in [0.25, 0.3) is 0 Å². The third-order valence-electron chi connectivity index (χ3n) is 3.24. The Hall–Kier alpha value is -0.330. The fraction of sp³-hybridized carbons (Fsp3) is 1.00. The van der Waals surface area contributed by atoms with Gasteiger partial charge in [-0.3, -0.25) is 9.64 Å². The predicted octanol–water partition coefficient (Wildman–Crippen LogP) is 2.38. The van der Waals surface area contributed by atoms with Gasteiger partial charge in [0.15, 0.2) is 0 Å². The van der Waals surface area contributed by atoms with Crippen molar-refractivity contribution in [3.63, 3.8) is 0 Å². The molecule has 0 radical (unpaired) electrons. The molecule has 6 heteroatoms. The molecule has 3 nitrogen and oxygen atoms in total. The SMILES string of the molecule is CC(C)N(CCOC(F)(F)F)CC1CCCCN1. The molecule has 0 amide bonds. The van der Waals surface area contributed by atoms with E-state index in [9.17, 15) is 13.2 Å². The van der Waals surface area contributed by atoms with E-state index in [1.165, 1.54) is 12.8 Å². The maximum absolute atomic E-state index is 11.9. The molecular formula is C12H23F3N2O. The molecule has 0 aromatic carbocycles. The Morgan fingerprint density at radius 3 is 2.56 bits per heavy atom. The van der Waals surface area contributed by atoms with Gasteiger partial charge in [0.2, 0.25) is 0 Å². The van der Waals surface area contributed by atoms with E-state index in [4.69, 9.17) is 0 Å². The van der Waals surface area contributed by atoms with Crippen molar-refractivity contribution in [2.45, 2.75) is 51.6 Å². The number of piperidine rings is 1. The molecule has 1 rings (SSSR count). The third kappa shape index (κ3) is 6.56. The lowest BCUT2D eigenvalue weighted by Crippen LogP contribution is -2.47. The number of halogens is 3. The maximum Gasteiger partial charge on any atom is 0.522 e. The topological polar surface area (TPSA) is 24.5 Å². The number of alkyl halides is 3. The van der Waals surface area contributed by atoms with Crippen molar-refractivity contribution < 1.29 is 17.9 Å². The summed E-state index contributed by atoms with van der Waals surface area (Å²) in [6, 6.07) is 0.623. The van der Waals surface area contributed by atoms with E-state index in [0.717, 1.165) is 19.5 Å². The summed E-state index contributed by atoms with van der Waals surface area (Å²) >= 11 is 0. The Morgan fingerprint density at radius 2 is 2.06 bits per heavy atom. The Balaban J connectivity index is 2.30. The molecule has 108 valence electrons. The van der Waals surface area contributed by atoms with Gasteiger partial charge in [-0.05, 0) is 33.2 Å². The first-order valence-corrected chi connectivity index (χ1v) is 6.56. The molecule has 1 saturated heterocycles. The first-order valence-electron chi connectivity index (χ1n) is 6.56. The molecule has 1 atom stereocenters. The zero-order valence-corrected chi connectivity index (χ0v) is 11.1. The van der Waals surface area contributed by atoms with Gasteiger partial charge in [-0.15, -0.1) is 13.2 Å². The van der Waals surface area contributed by atoms with Crippen molar-refractivity contribution in [2.75, 3.05) is 26.2 Å². The van der Waals surface area contributed by atoms with Crippen molar-refractivity contribution in [1.29, 1.82) is 0 Å². The van der Waals surface area contributed by atoms with Gasteiger partial charge in [-0.2, -0.15) is 0 Å². The molecule has 1 N–H and O–H groups in total. The monoisotopic (exact) mass is 268 g/mol. The molecule has 0 aliphatic carbocycles. The Kier molecular flexibility index (Phi) is 6.38. The van der Waals surface area contributed by atoms with Crippen LogP contribution in [0.2, 0.25) is 0 Å². The van der Waals surface area contributed by atoms with Crippen LogP contribution in [0.4, 0.5) is 13.2 Å². The van der Waals surface area contributed by atoms with Gasteiger partial charge >= 0.3 is 6.36 Å². The van der Waals surface area contributed by atoms with Crippen LogP contribution in [0.15, 0.2) is 0 Å². The highest BCUT2D eigenvalue weighted by molar-refractivity contribution is 4.77. The van der Waals surface area contributed by atoms with Gasteiger partial charge in [0.1, 0.15) is 0 Å². The fourth-order valence-corrected chi connectivity index (χ4v) is 2.20. The quantitative estimate of drug-likeness (QED) is 0.800. The van der Waals surface area contributed by atoms with Crippen molar-refractivity contribution in [3.05, 3.63) is 0 Å². The van der Waals surface area contributed by atoms with E-state index in [1.54, 1.807) is 0 Å². The lowest BCUT2D eigenvalue weighted by atomic mass is 10.0. The molecule has 0 saturated carbocycles. The van der Waals surface area contributed by atoms with Crippen LogP contribution in [0.25, 0.3) is 0 Å². The first-order chi connectivity index (χ1) is 8.38. The van der Waals surface area contributed by atoms with E-state index < -0.39 is 6.36 Å². The third-order valence-corrected chi connectivity index (χ3v) is 3.24. The predicted molar refractivity (Wildman–Crippen MR) is 64.4 cm³/mol. The summed E-state index contributed by atoms with van der Waals surface area (Å²) in [5.41, 5.74) is 0. The molecule has 0 aromatic heterocycles. The van der Waals surface area contributed by atoms with Gasteiger partial charge in [0, 0.05) is 25.2 Å². The van der Waals surface area contributed by atoms with Crippen molar-refractivity contribution in [3.8, 4) is 0 Å². The highest BCUT2D eigenvalue weighted by Crippen LogP contribution is 2.16. The van der Waals surface area contributed by atoms with Crippen LogP contribution in [-0.2, 0) is 4.74 Å². The zero-order valence-electron chi connectivity index (χ0n) is 11.1. The van der Waals surface area contributed by atoms with E-state index >= 15 is 0 Å². The molecule has 1 unspecified atom stereocenters. The number of nitrogens with one attached hydrogen (secondary N) is 1. The van der Waals surface area contributed by atoms with Gasteiger partial charge in [-0.1, -0.05) is 6.42 Å². The fourth-order valence-electron chi connectivity index (χ4n) is 2.20. The standard InChI is InChI=1S/C12H23F3N2O/c1-10(2)17(7-8-18-12(13,14)15)9-11-5-3-4-6-16-11/h10-11,16H,3-9H2,1-2H3. The summed E-state index contributed by atoms with van der Waals surface area (Å²) in [5.74, 6) is 0. The van der Waals surface area contributed by atoms with Crippen LogP contribution in [0.1, 0.15) is 33.1 Å². The molecule has 0 bridgehead atoms. The van der Waals surface area contributed by atoms with Gasteiger partial charge in [0.05, 0.1) is 6.61 Å². The Labute approximate surface area is 107 Å². The second-order valence-corrected chi connectivity index (χ2v) is 5.03. The lowest BCUT2D eigenvalue weighted by Gasteiger charge is -2.33. The number of hydrogen-bond acceptors (Lipinski definition) is 3. The average molecular weight is 268 g/mol. The van der Waals surface area contributed by atoms with Crippen molar-refractivity contribution >= 4 is 0 Å². The van der Waals surface area contributed by atoms with Crippen LogP contribution >= 0.6 is 0 Å². The Morgan fingerprint density at radius 1 is 1.33 bits per heavy atom. The largest absolute Gasteiger partial charge is 0.522 e. The second-order valence-electron chi connectivity index (χ2n) is 5.03. The summed E-state index contributed by atoms with van der Waals surface area (Å²) in [6.07, 6.45) is -1.03. The molecule has 1 aliphatic heterocycles. The highest BCUT2D eigenvalue weighted by Gasteiger charge is 2.29. The minimum atomic E-state index is -4.52. The minimum absolute atomic E-state index is 0.227. The molecule has 0 spiro atoms.